The second-order valence-electron chi connectivity index (χ2n) is 6.92. The molecule has 0 saturated carbocycles. The standard InChI is InChI=1S/C20H16F3N5O4/c21-20(22,23)12-2-1-3-14(10-12)28-19(31)26-18(27-28)24-13-6-4-11(5-7-13)16(29)25-15-8-9-32-17(15)30/h1-7,10,15H,8-9H2,(H,25,29)(H2,24,26,27,31). The van der Waals surface area contributed by atoms with E-state index in [0.29, 0.717) is 17.7 Å². The zero-order valence-corrected chi connectivity index (χ0v) is 16.3. The van der Waals surface area contributed by atoms with Crippen molar-refractivity contribution in [2.24, 2.45) is 0 Å². The molecule has 2 heterocycles. The van der Waals surface area contributed by atoms with E-state index in [4.69, 9.17) is 4.74 Å². The van der Waals surface area contributed by atoms with E-state index in [-0.39, 0.29) is 18.2 Å². The van der Waals surface area contributed by atoms with E-state index in [9.17, 15) is 27.6 Å². The third-order valence-electron chi connectivity index (χ3n) is 4.69. The minimum atomic E-state index is -4.55. The zero-order valence-electron chi connectivity index (χ0n) is 16.3. The van der Waals surface area contributed by atoms with Crippen molar-refractivity contribution in [3.05, 3.63) is 70.1 Å². The van der Waals surface area contributed by atoms with Gasteiger partial charge in [-0.05, 0) is 42.5 Å². The van der Waals surface area contributed by atoms with E-state index in [1.54, 1.807) is 12.1 Å². The zero-order chi connectivity index (χ0) is 22.9. The molecule has 4 rings (SSSR count). The Labute approximate surface area is 178 Å². The SMILES string of the molecule is O=C(NC1CCOC1=O)c1ccc(Nc2nn(-c3cccc(C(F)(F)F)c3)c(=O)[nH]2)cc1. The molecule has 1 aliphatic heterocycles. The molecule has 0 aliphatic carbocycles. The van der Waals surface area contributed by atoms with E-state index in [0.717, 1.165) is 16.8 Å². The number of anilines is 2. The van der Waals surface area contributed by atoms with Gasteiger partial charge in [-0.15, -0.1) is 5.10 Å². The Morgan fingerprint density at radius 2 is 1.91 bits per heavy atom. The van der Waals surface area contributed by atoms with Crippen LogP contribution in [0.2, 0.25) is 0 Å². The number of benzene rings is 2. The molecule has 12 heteroatoms. The van der Waals surface area contributed by atoms with Gasteiger partial charge in [0.2, 0.25) is 5.95 Å². The molecule has 1 aromatic heterocycles. The number of alkyl halides is 3. The van der Waals surface area contributed by atoms with Crippen LogP contribution in [0.25, 0.3) is 5.69 Å². The number of nitrogens with one attached hydrogen (secondary N) is 3. The average molecular weight is 447 g/mol. The number of carbonyl (C=O) groups is 2. The Bertz CT molecular complexity index is 1220. The molecule has 3 N–H and O–H groups in total. The highest BCUT2D eigenvalue weighted by Crippen LogP contribution is 2.30. The first kappa shape index (κ1) is 21.2. The van der Waals surface area contributed by atoms with Crippen molar-refractivity contribution in [2.45, 2.75) is 18.6 Å². The summed E-state index contributed by atoms with van der Waals surface area (Å²) < 4.78 is 44.4. The van der Waals surface area contributed by atoms with Crippen molar-refractivity contribution < 1.29 is 27.5 Å². The van der Waals surface area contributed by atoms with Gasteiger partial charge in [0.25, 0.3) is 5.91 Å². The summed E-state index contributed by atoms with van der Waals surface area (Å²) in [5, 5.41) is 9.36. The molecule has 1 aliphatic rings. The highest BCUT2D eigenvalue weighted by Gasteiger charge is 2.31. The molecule has 32 heavy (non-hydrogen) atoms. The third kappa shape index (κ3) is 4.48. The van der Waals surface area contributed by atoms with Crippen molar-refractivity contribution in [3.8, 4) is 5.69 Å². The molecule has 0 bridgehead atoms. The van der Waals surface area contributed by atoms with Crippen LogP contribution in [0.1, 0.15) is 22.3 Å². The number of halogens is 3. The molecule has 9 nitrogen and oxygen atoms in total. The van der Waals surface area contributed by atoms with Crippen LogP contribution in [-0.4, -0.2) is 39.3 Å². The molecule has 1 unspecified atom stereocenters. The molecule has 1 amide bonds. The van der Waals surface area contributed by atoms with Gasteiger partial charge in [0.05, 0.1) is 17.9 Å². The first-order valence-electron chi connectivity index (χ1n) is 9.42. The Hall–Kier alpha value is -4.09. The van der Waals surface area contributed by atoms with E-state index >= 15 is 0 Å². The average Bonchev–Trinajstić information content (AvgIpc) is 3.33. The van der Waals surface area contributed by atoms with Gasteiger partial charge in [0, 0.05) is 17.7 Å². The Morgan fingerprint density at radius 3 is 2.56 bits per heavy atom. The topological polar surface area (TPSA) is 118 Å². The lowest BCUT2D eigenvalue weighted by Crippen LogP contribution is -2.37. The van der Waals surface area contributed by atoms with E-state index in [1.807, 2.05) is 0 Å². The molecular formula is C20H16F3N5O4. The predicted octanol–water partition coefficient (Wildman–Crippen LogP) is 2.37. The number of nitrogens with zero attached hydrogens (tertiary/aromatic N) is 2. The van der Waals surface area contributed by atoms with Gasteiger partial charge in [0.15, 0.2) is 0 Å². The molecule has 166 valence electrons. The molecule has 3 aromatic rings. The summed E-state index contributed by atoms with van der Waals surface area (Å²) in [6.45, 7) is 0.262. The summed E-state index contributed by atoms with van der Waals surface area (Å²) in [5.41, 5.74) is -0.915. The molecular weight excluding hydrogens is 431 g/mol. The summed E-state index contributed by atoms with van der Waals surface area (Å²) in [6, 6.07) is 9.64. The number of hydrogen-bond donors (Lipinski definition) is 3. The molecule has 2 aromatic carbocycles. The second kappa shape index (κ2) is 8.21. The van der Waals surface area contributed by atoms with Gasteiger partial charge in [-0.25, -0.2) is 9.59 Å². The summed E-state index contributed by atoms with van der Waals surface area (Å²) >= 11 is 0. The number of aromatic nitrogens is 3. The second-order valence-corrected chi connectivity index (χ2v) is 6.92. The summed E-state index contributed by atoms with van der Waals surface area (Å²) in [7, 11) is 0. The molecule has 0 spiro atoms. The highest BCUT2D eigenvalue weighted by molar-refractivity contribution is 5.97. The fraction of sp³-hybridized carbons (Fsp3) is 0.200. The fourth-order valence-electron chi connectivity index (χ4n) is 3.08. The number of hydrogen-bond acceptors (Lipinski definition) is 6. The lowest BCUT2D eigenvalue weighted by Gasteiger charge is -2.09. The number of H-pyrrole nitrogens is 1. The lowest BCUT2D eigenvalue weighted by molar-refractivity contribution is -0.139. The van der Waals surface area contributed by atoms with Crippen LogP contribution in [0.5, 0.6) is 0 Å². The quantitative estimate of drug-likeness (QED) is 0.517. The summed E-state index contributed by atoms with van der Waals surface area (Å²) in [4.78, 5) is 38.3. The van der Waals surface area contributed by atoms with Crippen molar-refractivity contribution in [1.29, 1.82) is 0 Å². The predicted molar refractivity (Wildman–Crippen MR) is 106 cm³/mol. The number of amides is 1. The largest absolute Gasteiger partial charge is 0.464 e. The molecule has 0 radical (unpaired) electrons. The van der Waals surface area contributed by atoms with Crippen LogP contribution in [0.4, 0.5) is 24.8 Å². The van der Waals surface area contributed by atoms with Crippen LogP contribution in [0.15, 0.2) is 53.3 Å². The summed E-state index contributed by atoms with van der Waals surface area (Å²) in [6.07, 6.45) is -4.14. The lowest BCUT2D eigenvalue weighted by atomic mass is 10.1. The van der Waals surface area contributed by atoms with Crippen LogP contribution in [0.3, 0.4) is 0 Å². The normalized spacial score (nSPS) is 16.0. The van der Waals surface area contributed by atoms with E-state index < -0.39 is 35.3 Å². The maximum atomic E-state index is 12.9. The molecule has 1 saturated heterocycles. The van der Waals surface area contributed by atoms with E-state index in [2.05, 4.69) is 20.7 Å². The first-order chi connectivity index (χ1) is 15.2. The maximum Gasteiger partial charge on any atom is 0.416 e. The Kier molecular flexibility index (Phi) is 5.43. The van der Waals surface area contributed by atoms with Crippen LogP contribution < -0.4 is 16.3 Å². The van der Waals surface area contributed by atoms with Crippen molar-refractivity contribution in [2.75, 3.05) is 11.9 Å². The van der Waals surface area contributed by atoms with Crippen molar-refractivity contribution >= 4 is 23.5 Å². The van der Waals surface area contributed by atoms with Crippen molar-refractivity contribution in [1.82, 2.24) is 20.1 Å². The van der Waals surface area contributed by atoms with Crippen LogP contribution in [-0.2, 0) is 15.7 Å². The van der Waals surface area contributed by atoms with Gasteiger partial charge >= 0.3 is 17.8 Å². The van der Waals surface area contributed by atoms with Gasteiger partial charge in [-0.1, -0.05) is 6.07 Å². The fourth-order valence-corrected chi connectivity index (χ4v) is 3.08. The monoisotopic (exact) mass is 447 g/mol. The Balaban J connectivity index is 1.47. The van der Waals surface area contributed by atoms with Crippen LogP contribution >= 0.6 is 0 Å². The van der Waals surface area contributed by atoms with E-state index in [1.165, 1.54) is 24.3 Å². The number of rotatable bonds is 5. The number of ether oxygens (including phenoxy) is 1. The maximum absolute atomic E-state index is 12.9. The van der Waals surface area contributed by atoms with Gasteiger partial charge in [-0.3, -0.25) is 9.78 Å². The smallest absolute Gasteiger partial charge is 0.416 e. The van der Waals surface area contributed by atoms with Gasteiger partial charge in [0.1, 0.15) is 6.04 Å². The highest BCUT2D eigenvalue weighted by atomic mass is 19.4. The number of cyclic esters (lactones) is 1. The molecule has 1 fully saturated rings. The third-order valence-corrected chi connectivity index (χ3v) is 4.69. The minimum absolute atomic E-state index is 0.00156. The number of carbonyl (C=O) groups excluding carboxylic acids is 2. The Morgan fingerprint density at radius 1 is 1.16 bits per heavy atom. The minimum Gasteiger partial charge on any atom is -0.464 e. The van der Waals surface area contributed by atoms with Gasteiger partial charge in [-0.2, -0.15) is 17.9 Å². The number of aromatic amines is 1. The first-order valence-corrected chi connectivity index (χ1v) is 9.42. The molecule has 1 atom stereocenters. The summed E-state index contributed by atoms with van der Waals surface area (Å²) in [5.74, 6) is -0.919. The number of esters is 1. The van der Waals surface area contributed by atoms with Crippen molar-refractivity contribution in [3.63, 3.8) is 0 Å². The van der Waals surface area contributed by atoms with Crippen LogP contribution in [0, 0.1) is 0 Å². The van der Waals surface area contributed by atoms with Gasteiger partial charge < -0.3 is 15.4 Å².